The molecule has 1 heterocycles. The molecule has 1 fully saturated rings. The van der Waals surface area contributed by atoms with Crippen molar-refractivity contribution in [3.05, 3.63) is 0 Å². The second-order valence-electron chi connectivity index (χ2n) is 4.27. The highest BCUT2D eigenvalue weighted by Gasteiger charge is 2.20. The molecular weight excluding hydrogens is 222 g/mol. The molecule has 1 rings (SSSR count). The van der Waals surface area contributed by atoms with E-state index in [-0.39, 0.29) is 12.0 Å². The van der Waals surface area contributed by atoms with Gasteiger partial charge < -0.3 is 25.0 Å². The Labute approximate surface area is 103 Å². The van der Waals surface area contributed by atoms with Crippen LogP contribution in [-0.2, 0) is 14.3 Å². The van der Waals surface area contributed by atoms with E-state index in [0.29, 0.717) is 32.9 Å². The molecule has 0 aromatic carbocycles. The van der Waals surface area contributed by atoms with Crippen molar-refractivity contribution in [2.24, 2.45) is 0 Å². The lowest BCUT2D eigenvalue weighted by atomic mass is 10.3. The largest absolute Gasteiger partial charge is 0.378 e. The third-order valence-corrected chi connectivity index (χ3v) is 2.45. The number of carbonyl (C=O) groups is 1. The van der Waals surface area contributed by atoms with E-state index < -0.39 is 0 Å². The van der Waals surface area contributed by atoms with Crippen LogP contribution in [0.15, 0.2) is 0 Å². The van der Waals surface area contributed by atoms with E-state index in [9.17, 15) is 4.79 Å². The van der Waals surface area contributed by atoms with E-state index in [1.54, 1.807) is 0 Å². The topological polar surface area (TPSA) is 62.8 Å². The number of ether oxygens (including phenoxy) is 2. The normalized spacial score (nSPS) is 20.5. The van der Waals surface area contributed by atoms with E-state index in [0.717, 1.165) is 13.1 Å². The maximum absolute atomic E-state index is 11.6. The first-order valence-corrected chi connectivity index (χ1v) is 6.02. The molecule has 0 aromatic heterocycles. The molecule has 17 heavy (non-hydrogen) atoms. The Morgan fingerprint density at radius 3 is 3.00 bits per heavy atom. The second-order valence-corrected chi connectivity index (χ2v) is 4.27. The number of nitrogens with zero attached hydrogens (tertiary/aromatic N) is 1. The van der Waals surface area contributed by atoms with Gasteiger partial charge in [0.25, 0.3) is 5.91 Å². The predicted octanol–water partition coefficient (Wildman–Crippen LogP) is -1.33. The van der Waals surface area contributed by atoms with E-state index in [1.165, 1.54) is 0 Å². The summed E-state index contributed by atoms with van der Waals surface area (Å²) in [5.41, 5.74) is 0. The number of nitrogens with one attached hydrogen (secondary N) is 2. The summed E-state index contributed by atoms with van der Waals surface area (Å²) < 4.78 is 10.7. The molecule has 100 valence electrons. The number of hydrogen-bond donors (Lipinski definition) is 2. The smallest absolute Gasteiger partial charge is 0.250 e. The second kappa shape index (κ2) is 8.41. The van der Waals surface area contributed by atoms with Crippen LogP contribution >= 0.6 is 0 Å². The van der Waals surface area contributed by atoms with Crippen molar-refractivity contribution >= 4 is 5.91 Å². The maximum atomic E-state index is 11.6. The number of rotatable bonds is 7. The van der Waals surface area contributed by atoms with E-state index in [2.05, 4.69) is 15.5 Å². The SMILES string of the molecule is CN(C)CCOCCNC(=O)C1CNCCO1. The molecule has 6 nitrogen and oxygen atoms in total. The molecule has 1 saturated heterocycles. The molecule has 2 N–H and O–H groups in total. The van der Waals surface area contributed by atoms with Gasteiger partial charge in [-0.05, 0) is 14.1 Å². The zero-order valence-electron chi connectivity index (χ0n) is 10.7. The molecule has 0 bridgehead atoms. The van der Waals surface area contributed by atoms with Gasteiger partial charge in [0.1, 0.15) is 6.10 Å². The van der Waals surface area contributed by atoms with Gasteiger partial charge in [-0.1, -0.05) is 0 Å². The van der Waals surface area contributed by atoms with Crippen LogP contribution < -0.4 is 10.6 Å². The van der Waals surface area contributed by atoms with Crippen molar-refractivity contribution in [2.75, 3.05) is 60.1 Å². The van der Waals surface area contributed by atoms with Gasteiger partial charge in [-0.2, -0.15) is 0 Å². The Morgan fingerprint density at radius 1 is 1.53 bits per heavy atom. The van der Waals surface area contributed by atoms with Crippen LogP contribution in [0.25, 0.3) is 0 Å². The number of hydrogen-bond acceptors (Lipinski definition) is 5. The third kappa shape index (κ3) is 6.58. The number of carbonyl (C=O) groups excluding carboxylic acids is 1. The van der Waals surface area contributed by atoms with Gasteiger partial charge in [0, 0.05) is 26.2 Å². The van der Waals surface area contributed by atoms with Gasteiger partial charge in [0.05, 0.1) is 19.8 Å². The lowest BCUT2D eigenvalue weighted by Crippen LogP contribution is -2.48. The Morgan fingerprint density at radius 2 is 2.35 bits per heavy atom. The molecule has 1 unspecified atom stereocenters. The van der Waals surface area contributed by atoms with Crippen molar-refractivity contribution in [2.45, 2.75) is 6.10 Å². The van der Waals surface area contributed by atoms with Gasteiger partial charge in [-0.3, -0.25) is 4.79 Å². The average molecular weight is 245 g/mol. The van der Waals surface area contributed by atoms with Crippen molar-refractivity contribution in [1.82, 2.24) is 15.5 Å². The molecule has 6 heteroatoms. The minimum absolute atomic E-state index is 0.0617. The summed E-state index contributed by atoms with van der Waals surface area (Å²) in [5.74, 6) is -0.0617. The van der Waals surface area contributed by atoms with Crippen molar-refractivity contribution in [3.8, 4) is 0 Å². The molecule has 1 aliphatic rings. The van der Waals surface area contributed by atoms with Crippen LogP contribution in [0.4, 0.5) is 0 Å². The Kier molecular flexibility index (Phi) is 7.11. The highest BCUT2D eigenvalue weighted by Crippen LogP contribution is 1.95. The fraction of sp³-hybridized carbons (Fsp3) is 0.909. The molecule has 0 spiro atoms. The fourth-order valence-corrected chi connectivity index (χ4v) is 1.44. The molecular formula is C11H23N3O3. The minimum atomic E-state index is -0.356. The molecule has 1 aliphatic heterocycles. The molecule has 1 amide bonds. The molecule has 0 radical (unpaired) electrons. The highest BCUT2D eigenvalue weighted by atomic mass is 16.5. The first-order valence-electron chi connectivity index (χ1n) is 6.02. The van der Waals surface area contributed by atoms with Gasteiger partial charge in [0.2, 0.25) is 0 Å². The standard InChI is InChI=1S/C11H23N3O3/c1-14(2)5-8-16-6-4-13-11(15)10-9-12-3-7-17-10/h10,12H,3-9H2,1-2H3,(H,13,15). The van der Waals surface area contributed by atoms with E-state index in [4.69, 9.17) is 9.47 Å². The quantitative estimate of drug-likeness (QED) is 0.544. The number of amides is 1. The Balaban J connectivity index is 1.96. The summed E-state index contributed by atoms with van der Waals surface area (Å²) in [6.07, 6.45) is -0.356. The first kappa shape index (κ1) is 14.4. The molecule has 0 saturated carbocycles. The Hall–Kier alpha value is -0.690. The zero-order chi connectivity index (χ0) is 12.5. The highest BCUT2D eigenvalue weighted by molar-refractivity contribution is 5.81. The lowest BCUT2D eigenvalue weighted by Gasteiger charge is -2.22. The van der Waals surface area contributed by atoms with Crippen molar-refractivity contribution < 1.29 is 14.3 Å². The van der Waals surface area contributed by atoms with Gasteiger partial charge >= 0.3 is 0 Å². The predicted molar refractivity (Wildman–Crippen MR) is 65.0 cm³/mol. The maximum Gasteiger partial charge on any atom is 0.250 e. The zero-order valence-corrected chi connectivity index (χ0v) is 10.7. The monoisotopic (exact) mass is 245 g/mol. The lowest BCUT2D eigenvalue weighted by molar-refractivity contribution is -0.134. The van der Waals surface area contributed by atoms with Crippen LogP contribution in [0, 0.1) is 0 Å². The number of likely N-dealkylation sites (N-methyl/N-ethyl adjacent to an activating group) is 1. The van der Waals surface area contributed by atoms with Crippen LogP contribution in [0.1, 0.15) is 0 Å². The van der Waals surface area contributed by atoms with Crippen molar-refractivity contribution in [1.29, 1.82) is 0 Å². The third-order valence-electron chi connectivity index (χ3n) is 2.45. The fourth-order valence-electron chi connectivity index (χ4n) is 1.44. The minimum Gasteiger partial charge on any atom is -0.378 e. The summed E-state index contributed by atoms with van der Waals surface area (Å²) in [5, 5.41) is 5.91. The summed E-state index contributed by atoms with van der Waals surface area (Å²) >= 11 is 0. The summed E-state index contributed by atoms with van der Waals surface area (Å²) in [6, 6.07) is 0. The van der Waals surface area contributed by atoms with Crippen LogP contribution in [0.2, 0.25) is 0 Å². The average Bonchev–Trinajstić information content (AvgIpc) is 2.34. The van der Waals surface area contributed by atoms with Crippen LogP contribution in [0.3, 0.4) is 0 Å². The van der Waals surface area contributed by atoms with Gasteiger partial charge in [0.15, 0.2) is 0 Å². The molecule has 0 aliphatic carbocycles. The Bertz CT molecular complexity index is 218. The van der Waals surface area contributed by atoms with Crippen LogP contribution in [0.5, 0.6) is 0 Å². The number of morpholine rings is 1. The summed E-state index contributed by atoms with van der Waals surface area (Å²) in [7, 11) is 4.00. The van der Waals surface area contributed by atoms with Crippen molar-refractivity contribution in [3.63, 3.8) is 0 Å². The summed E-state index contributed by atoms with van der Waals surface area (Å²) in [6.45, 7) is 4.65. The van der Waals surface area contributed by atoms with Gasteiger partial charge in [-0.15, -0.1) is 0 Å². The molecule has 0 aromatic rings. The first-order chi connectivity index (χ1) is 8.20. The van der Waals surface area contributed by atoms with E-state index >= 15 is 0 Å². The summed E-state index contributed by atoms with van der Waals surface area (Å²) in [4.78, 5) is 13.7. The van der Waals surface area contributed by atoms with Crippen LogP contribution in [-0.4, -0.2) is 77.0 Å². The van der Waals surface area contributed by atoms with Gasteiger partial charge in [-0.25, -0.2) is 0 Å². The van der Waals surface area contributed by atoms with E-state index in [1.807, 2.05) is 14.1 Å². The molecule has 1 atom stereocenters.